The lowest BCUT2D eigenvalue weighted by Gasteiger charge is -2.45. The fraction of sp³-hybridized carbons (Fsp3) is 1.00. The number of piperazine rings is 1. The van der Waals surface area contributed by atoms with Crippen LogP contribution in [0.2, 0.25) is 0 Å². The highest BCUT2D eigenvalue weighted by atomic mass is 16.5. The van der Waals surface area contributed by atoms with E-state index < -0.39 is 0 Å². The molecule has 4 heteroatoms. The first-order valence-corrected chi connectivity index (χ1v) is 5.03. The minimum absolute atomic E-state index is 0.239. The van der Waals surface area contributed by atoms with Gasteiger partial charge in [-0.2, -0.15) is 0 Å². The maximum absolute atomic E-state index is 5.32. The van der Waals surface area contributed by atoms with Gasteiger partial charge in [0.05, 0.1) is 6.17 Å². The molecule has 0 saturated carbocycles. The third-order valence-electron chi connectivity index (χ3n) is 3.11. The monoisotopic (exact) mass is 185 g/mol. The Hall–Kier alpha value is -0.160. The first-order valence-electron chi connectivity index (χ1n) is 5.03. The van der Waals surface area contributed by atoms with E-state index in [4.69, 9.17) is 4.74 Å². The average molecular weight is 185 g/mol. The highest BCUT2D eigenvalue weighted by Crippen LogP contribution is 2.18. The number of likely N-dealkylation sites (N-methyl/N-ethyl adjacent to an activating group) is 1. The van der Waals surface area contributed by atoms with Crippen molar-refractivity contribution in [1.82, 2.24) is 15.5 Å². The molecule has 0 aromatic heterocycles. The van der Waals surface area contributed by atoms with E-state index in [1.165, 1.54) is 6.42 Å². The van der Waals surface area contributed by atoms with E-state index in [1.807, 2.05) is 0 Å². The third kappa shape index (κ3) is 1.86. The number of hydrogen-bond acceptors (Lipinski definition) is 4. The standard InChI is InChI=1S/C9H19N3O/c1-12-6-5-10-7-3-4-8(13-2)11-9(7)12/h7-11H,3-6H2,1-2H3. The van der Waals surface area contributed by atoms with Gasteiger partial charge in [-0.25, -0.2) is 0 Å². The molecule has 76 valence electrons. The minimum atomic E-state index is 0.239. The van der Waals surface area contributed by atoms with Gasteiger partial charge in [-0.1, -0.05) is 0 Å². The lowest BCUT2D eigenvalue weighted by molar-refractivity contribution is -0.0220. The lowest BCUT2D eigenvalue weighted by Crippen LogP contribution is -2.66. The molecule has 0 radical (unpaired) electrons. The number of methoxy groups -OCH3 is 1. The van der Waals surface area contributed by atoms with Crippen LogP contribution in [0.1, 0.15) is 12.8 Å². The van der Waals surface area contributed by atoms with Gasteiger partial charge in [-0.05, 0) is 19.9 Å². The van der Waals surface area contributed by atoms with Gasteiger partial charge in [0.1, 0.15) is 6.23 Å². The van der Waals surface area contributed by atoms with Gasteiger partial charge in [0.15, 0.2) is 0 Å². The molecule has 13 heavy (non-hydrogen) atoms. The van der Waals surface area contributed by atoms with Crippen LogP contribution in [0.15, 0.2) is 0 Å². The van der Waals surface area contributed by atoms with Crippen molar-refractivity contribution in [2.24, 2.45) is 0 Å². The second-order valence-corrected chi connectivity index (χ2v) is 3.95. The molecular formula is C9H19N3O. The molecule has 2 fully saturated rings. The predicted octanol–water partition coefficient (Wildman–Crippen LogP) is -0.428. The smallest absolute Gasteiger partial charge is 0.109 e. The summed E-state index contributed by atoms with van der Waals surface area (Å²) in [5, 5.41) is 7.03. The molecule has 4 nitrogen and oxygen atoms in total. The topological polar surface area (TPSA) is 36.5 Å². The molecule has 3 unspecified atom stereocenters. The van der Waals surface area contributed by atoms with Crippen LogP contribution >= 0.6 is 0 Å². The van der Waals surface area contributed by atoms with Gasteiger partial charge < -0.3 is 10.1 Å². The Balaban J connectivity index is 1.97. The number of fused-ring (bicyclic) bond motifs is 1. The Bertz CT molecular complexity index is 176. The first kappa shape index (κ1) is 9.40. The summed E-state index contributed by atoms with van der Waals surface area (Å²) in [6, 6.07) is 0.602. The molecule has 3 atom stereocenters. The maximum Gasteiger partial charge on any atom is 0.109 e. The second kappa shape index (κ2) is 3.92. The fourth-order valence-corrected chi connectivity index (χ4v) is 2.28. The van der Waals surface area contributed by atoms with Gasteiger partial charge in [0.25, 0.3) is 0 Å². The number of hydrogen-bond donors (Lipinski definition) is 2. The summed E-state index contributed by atoms with van der Waals surface area (Å²) in [7, 11) is 3.94. The normalized spacial score (nSPS) is 41.5. The van der Waals surface area contributed by atoms with Crippen molar-refractivity contribution in [3.05, 3.63) is 0 Å². The van der Waals surface area contributed by atoms with Crippen molar-refractivity contribution in [3.8, 4) is 0 Å². The maximum atomic E-state index is 5.32. The zero-order chi connectivity index (χ0) is 9.26. The summed E-state index contributed by atoms with van der Waals surface area (Å²) in [4.78, 5) is 2.37. The van der Waals surface area contributed by atoms with Crippen molar-refractivity contribution in [3.63, 3.8) is 0 Å². The summed E-state index contributed by atoms with van der Waals surface area (Å²) in [5.74, 6) is 0. The number of ether oxygens (including phenoxy) is 1. The zero-order valence-corrected chi connectivity index (χ0v) is 8.42. The van der Waals surface area contributed by atoms with E-state index in [0.29, 0.717) is 12.2 Å². The zero-order valence-electron chi connectivity index (χ0n) is 8.42. The number of rotatable bonds is 1. The Labute approximate surface area is 79.6 Å². The highest BCUT2D eigenvalue weighted by Gasteiger charge is 2.34. The van der Waals surface area contributed by atoms with Crippen molar-refractivity contribution in [2.75, 3.05) is 27.2 Å². The predicted molar refractivity (Wildman–Crippen MR) is 51.4 cm³/mol. The van der Waals surface area contributed by atoms with E-state index in [0.717, 1.165) is 19.5 Å². The van der Waals surface area contributed by atoms with Crippen molar-refractivity contribution in [2.45, 2.75) is 31.3 Å². The highest BCUT2D eigenvalue weighted by molar-refractivity contribution is 4.90. The molecule has 2 aliphatic heterocycles. The molecule has 0 bridgehead atoms. The average Bonchev–Trinajstić information content (AvgIpc) is 2.18. The summed E-state index contributed by atoms with van der Waals surface area (Å²) in [6.07, 6.45) is 3.01. The Morgan fingerprint density at radius 3 is 3.00 bits per heavy atom. The Morgan fingerprint density at radius 1 is 1.38 bits per heavy atom. The molecule has 2 N–H and O–H groups in total. The van der Waals surface area contributed by atoms with Crippen molar-refractivity contribution < 1.29 is 4.74 Å². The summed E-state index contributed by atoms with van der Waals surface area (Å²) >= 11 is 0. The quantitative estimate of drug-likeness (QED) is 0.581. The summed E-state index contributed by atoms with van der Waals surface area (Å²) < 4.78 is 5.32. The minimum Gasteiger partial charge on any atom is -0.367 e. The van der Waals surface area contributed by atoms with Crippen LogP contribution in [0.5, 0.6) is 0 Å². The second-order valence-electron chi connectivity index (χ2n) is 3.95. The van der Waals surface area contributed by atoms with Gasteiger partial charge >= 0.3 is 0 Å². The fourth-order valence-electron chi connectivity index (χ4n) is 2.28. The van der Waals surface area contributed by atoms with Gasteiger partial charge in [-0.3, -0.25) is 10.2 Å². The van der Waals surface area contributed by atoms with Crippen LogP contribution < -0.4 is 10.6 Å². The molecule has 0 amide bonds. The molecule has 0 aliphatic carbocycles. The van der Waals surface area contributed by atoms with Crippen LogP contribution in [0.25, 0.3) is 0 Å². The van der Waals surface area contributed by atoms with Crippen molar-refractivity contribution in [1.29, 1.82) is 0 Å². The van der Waals surface area contributed by atoms with Crippen molar-refractivity contribution >= 4 is 0 Å². The molecule has 0 aromatic rings. The molecule has 2 heterocycles. The van der Waals surface area contributed by atoms with Crippen LogP contribution in [0.4, 0.5) is 0 Å². The molecule has 2 aliphatic rings. The first-order chi connectivity index (χ1) is 6.31. The third-order valence-corrected chi connectivity index (χ3v) is 3.11. The van der Waals surface area contributed by atoms with Crippen LogP contribution in [-0.4, -0.2) is 50.6 Å². The van der Waals surface area contributed by atoms with E-state index in [-0.39, 0.29) is 6.23 Å². The van der Waals surface area contributed by atoms with E-state index >= 15 is 0 Å². The van der Waals surface area contributed by atoms with E-state index in [2.05, 4.69) is 22.6 Å². The van der Waals surface area contributed by atoms with Gasteiger partial charge in [0.2, 0.25) is 0 Å². The van der Waals surface area contributed by atoms with Crippen LogP contribution in [0.3, 0.4) is 0 Å². The van der Waals surface area contributed by atoms with Crippen LogP contribution in [0, 0.1) is 0 Å². The van der Waals surface area contributed by atoms with E-state index in [1.54, 1.807) is 7.11 Å². The molecule has 2 saturated heterocycles. The lowest BCUT2D eigenvalue weighted by atomic mass is 10.00. The largest absolute Gasteiger partial charge is 0.367 e. The number of nitrogens with one attached hydrogen (secondary N) is 2. The Morgan fingerprint density at radius 2 is 2.23 bits per heavy atom. The molecule has 2 rings (SSSR count). The van der Waals surface area contributed by atoms with Gasteiger partial charge in [-0.15, -0.1) is 0 Å². The number of piperidine rings is 1. The van der Waals surface area contributed by atoms with Crippen LogP contribution in [-0.2, 0) is 4.74 Å². The van der Waals surface area contributed by atoms with Gasteiger partial charge in [0, 0.05) is 26.2 Å². The Kier molecular flexibility index (Phi) is 2.83. The summed E-state index contributed by atoms with van der Waals surface area (Å²) in [5.41, 5.74) is 0. The molecule has 0 spiro atoms. The molecule has 0 aromatic carbocycles. The SMILES string of the molecule is COC1CCC2NCCN(C)C2N1. The van der Waals surface area contributed by atoms with E-state index in [9.17, 15) is 0 Å². The summed E-state index contributed by atoms with van der Waals surface area (Å²) in [6.45, 7) is 2.22. The molecular weight excluding hydrogens is 166 g/mol. The number of nitrogens with zero attached hydrogens (tertiary/aromatic N) is 1.